The molecule has 1 aliphatic carbocycles. The lowest BCUT2D eigenvalue weighted by Crippen LogP contribution is -2.59. The largest absolute Gasteiger partial charge is 0.428 e. The second-order valence-corrected chi connectivity index (χ2v) is 9.81. The standard InChI is InChI=1S/C22H16Cl3F4N3O2/c23-14-5-13(6-15(24)18(14)25)21(22(27,28)29)7-16(31-34-21)12-3-4-17(30-8-12)20(26)9-32(10-20)19(33)11-1-2-11/h3-8,11,31H,1-2,9-10H2. The molecule has 1 atom stereocenters. The Labute approximate surface area is 206 Å². The van der Waals surface area contributed by atoms with Gasteiger partial charge in [-0.3, -0.25) is 20.1 Å². The van der Waals surface area contributed by atoms with Gasteiger partial charge in [0.15, 0.2) is 5.67 Å². The van der Waals surface area contributed by atoms with Gasteiger partial charge in [-0.05, 0) is 43.2 Å². The third-order valence-corrected chi connectivity index (χ3v) is 7.35. The highest BCUT2D eigenvalue weighted by atomic mass is 35.5. The normalized spacial score (nSPS) is 23.9. The Morgan fingerprint density at radius 1 is 1.15 bits per heavy atom. The lowest BCUT2D eigenvalue weighted by molar-refractivity contribution is -0.269. The predicted molar refractivity (Wildman–Crippen MR) is 118 cm³/mol. The quantitative estimate of drug-likeness (QED) is 0.397. The number of nitrogens with zero attached hydrogens (tertiary/aromatic N) is 2. The van der Waals surface area contributed by atoms with Crippen molar-refractivity contribution in [2.24, 2.45) is 5.92 Å². The molecule has 1 saturated carbocycles. The van der Waals surface area contributed by atoms with Crippen LogP contribution in [0.3, 0.4) is 0 Å². The lowest BCUT2D eigenvalue weighted by Gasteiger charge is -2.44. The molecule has 1 unspecified atom stereocenters. The third kappa shape index (κ3) is 3.82. The second kappa shape index (κ2) is 7.98. The maximum absolute atomic E-state index is 15.2. The van der Waals surface area contributed by atoms with Gasteiger partial charge in [-0.15, -0.1) is 0 Å². The Kier molecular flexibility index (Phi) is 5.55. The van der Waals surface area contributed by atoms with Crippen molar-refractivity contribution >= 4 is 46.4 Å². The average Bonchev–Trinajstić information content (AvgIpc) is 3.51. The third-order valence-electron chi connectivity index (χ3n) is 6.16. The molecule has 34 heavy (non-hydrogen) atoms. The number of hydrogen-bond donors (Lipinski definition) is 1. The number of amides is 1. The zero-order valence-electron chi connectivity index (χ0n) is 17.2. The molecule has 0 spiro atoms. The molecule has 5 rings (SSSR count). The van der Waals surface area contributed by atoms with Gasteiger partial charge in [0, 0.05) is 23.2 Å². The Bertz CT molecular complexity index is 1170. The van der Waals surface area contributed by atoms with Crippen molar-refractivity contribution in [1.82, 2.24) is 15.4 Å². The van der Waals surface area contributed by atoms with Crippen molar-refractivity contribution in [1.29, 1.82) is 0 Å². The van der Waals surface area contributed by atoms with Crippen molar-refractivity contribution < 1.29 is 27.2 Å². The molecule has 1 aromatic carbocycles. The number of carbonyl (C=O) groups is 1. The van der Waals surface area contributed by atoms with Crippen LogP contribution in [0, 0.1) is 5.92 Å². The molecule has 2 aliphatic heterocycles. The first-order valence-electron chi connectivity index (χ1n) is 10.3. The van der Waals surface area contributed by atoms with Crippen molar-refractivity contribution in [3.63, 3.8) is 0 Å². The van der Waals surface area contributed by atoms with Crippen LogP contribution in [-0.4, -0.2) is 35.1 Å². The number of halogens is 7. The minimum atomic E-state index is -4.89. The van der Waals surface area contributed by atoms with Gasteiger partial charge in [-0.2, -0.15) is 13.2 Å². The maximum atomic E-state index is 15.2. The molecule has 3 heterocycles. The Hall–Kier alpha value is -2.07. The summed E-state index contributed by atoms with van der Waals surface area (Å²) in [4.78, 5) is 22.6. The van der Waals surface area contributed by atoms with E-state index in [9.17, 15) is 18.0 Å². The van der Waals surface area contributed by atoms with E-state index >= 15 is 4.39 Å². The summed E-state index contributed by atoms with van der Waals surface area (Å²) < 4.78 is 57.7. The van der Waals surface area contributed by atoms with Crippen molar-refractivity contribution in [3.8, 4) is 0 Å². The van der Waals surface area contributed by atoms with Crippen LogP contribution in [0.5, 0.6) is 0 Å². The summed E-state index contributed by atoms with van der Waals surface area (Å²) in [5.41, 5.74) is -2.44. The van der Waals surface area contributed by atoms with Crippen molar-refractivity contribution in [2.75, 3.05) is 13.1 Å². The van der Waals surface area contributed by atoms with Gasteiger partial charge in [-0.1, -0.05) is 34.8 Å². The van der Waals surface area contributed by atoms with Gasteiger partial charge >= 0.3 is 6.18 Å². The van der Waals surface area contributed by atoms with Gasteiger partial charge in [0.25, 0.3) is 0 Å². The van der Waals surface area contributed by atoms with Gasteiger partial charge in [0.05, 0.1) is 39.5 Å². The maximum Gasteiger partial charge on any atom is 0.428 e. The van der Waals surface area contributed by atoms with Crippen LogP contribution >= 0.6 is 34.8 Å². The van der Waals surface area contributed by atoms with Crippen LogP contribution in [0.4, 0.5) is 17.6 Å². The van der Waals surface area contributed by atoms with E-state index in [0.717, 1.165) is 31.1 Å². The number of rotatable bonds is 4. The lowest BCUT2D eigenvalue weighted by atomic mass is 9.90. The topological polar surface area (TPSA) is 54.5 Å². The summed E-state index contributed by atoms with van der Waals surface area (Å²) in [6.45, 7) is -0.179. The molecule has 0 radical (unpaired) electrons. The van der Waals surface area contributed by atoms with Gasteiger partial charge < -0.3 is 4.90 Å². The van der Waals surface area contributed by atoms with E-state index in [1.807, 2.05) is 0 Å². The zero-order chi connectivity index (χ0) is 24.5. The summed E-state index contributed by atoms with van der Waals surface area (Å²) in [6.07, 6.45) is -1.13. The van der Waals surface area contributed by atoms with Crippen LogP contribution < -0.4 is 5.48 Å². The number of nitrogens with one attached hydrogen (secondary N) is 1. The Morgan fingerprint density at radius 3 is 2.32 bits per heavy atom. The summed E-state index contributed by atoms with van der Waals surface area (Å²) in [7, 11) is 0. The van der Waals surface area contributed by atoms with Crippen LogP contribution in [0.1, 0.15) is 29.7 Å². The van der Waals surface area contributed by atoms with Crippen LogP contribution in [0.25, 0.3) is 5.70 Å². The summed E-state index contributed by atoms with van der Waals surface area (Å²) in [5.74, 6) is -0.0483. The number of aromatic nitrogens is 1. The molecule has 1 N–H and O–H groups in total. The molecule has 1 aromatic heterocycles. The number of pyridine rings is 1. The molecule has 1 saturated heterocycles. The van der Waals surface area contributed by atoms with E-state index in [2.05, 4.69) is 10.5 Å². The molecular formula is C22H16Cl3F4N3O2. The van der Waals surface area contributed by atoms with Gasteiger partial charge in [0.1, 0.15) is 0 Å². The van der Waals surface area contributed by atoms with E-state index < -0.39 is 17.4 Å². The number of benzene rings is 1. The Morgan fingerprint density at radius 2 is 1.79 bits per heavy atom. The Balaban J connectivity index is 1.41. The van der Waals surface area contributed by atoms with E-state index in [0.29, 0.717) is 0 Å². The number of hydrogen-bond acceptors (Lipinski definition) is 4. The summed E-state index contributed by atoms with van der Waals surface area (Å²) in [6, 6.07) is 4.89. The van der Waals surface area contributed by atoms with Gasteiger partial charge in [0.2, 0.25) is 11.5 Å². The monoisotopic (exact) mass is 535 g/mol. The fourth-order valence-electron chi connectivity index (χ4n) is 4.04. The SMILES string of the molecule is O=C(C1CC1)N1CC(F)(c2ccc(C3=CC(c4cc(Cl)c(Cl)c(Cl)c4)(C(F)(F)F)ON3)cn2)C1. The molecule has 1 amide bonds. The average molecular weight is 537 g/mol. The van der Waals surface area contributed by atoms with E-state index in [-0.39, 0.29) is 62.5 Å². The molecule has 12 heteroatoms. The minimum Gasteiger partial charge on any atom is -0.335 e. The van der Waals surface area contributed by atoms with Crippen LogP contribution in [0.2, 0.25) is 15.1 Å². The fraction of sp³-hybridized carbons (Fsp3) is 0.364. The van der Waals surface area contributed by atoms with E-state index in [4.69, 9.17) is 39.6 Å². The number of carbonyl (C=O) groups excluding carboxylic acids is 1. The van der Waals surface area contributed by atoms with Gasteiger partial charge in [-0.25, -0.2) is 4.39 Å². The number of likely N-dealkylation sites (tertiary alicyclic amines) is 1. The highest BCUT2D eigenvalue weighted by Gasteiger charge is 2.60. The van der Waals surface area contributed by atoms with E-state index in [1.165, 1.54) is 23.2 Å². The fourth-order valence-corrected chi connectivity index (χ4v) is 4.63. The molecule has 0 bridgehead atoms. The van der Waals surface area contributed by atoms with Crippen LogP contribution in [-0.2, 0) is 20.9 Å². The first-order chi connectivity index (χ1) is 15.9. The smallest absolute Gasteiger partial charge is 0.335 e. The molecule has 3 aliphatic rings. The van der Waals surface area contributed by atoms with Crippen molar-refractivity contribution in [2.45, 2.75) is 30.3 Å². The minimum absolute atomic E-state index is 0.000402. The molecule has 180 valence electrons. The molecule has 2 fully saturated rings. The summed E-state index contributed by atoms with van der Waals surface area (Å²) in [5, 5.41) is -0.396. The van der Waals surface area contributed by atoms with E-state index in [1.54, 1.807) is 0 Å². The predicted octanol–water partition coefficient (Wildman–Crippen LogP) is 5.79. The molecular weight excluding hydrogens is 521 g/mol. The molecule has 2 aromatic rings. The molecule has 5 nitrogen and oxygen atoms in total. The zero-order valence-corrected chi connectivity index (χ0v) is 19.5. The second-order valence-electron chi connectivity index (χ2n) is 8.62. The van der Waals surface area contributed by atoms with Crippen LogP contribution in [0.15, 0.2) is 36.5 Å². The first-order valence-corrected chi connectivity index (χ1v) is 11.4. The highest BCUT2D eigenvalue weighted by molar-refractivity contribution is 6.48. The van der Waals surface area contributed by atoms with Crippen molar-refractivity contribution in [3.05, 3.63) is 68.4 Å². The number of alkyl halides is 4. The highest BCUT2D eigenvalue weighted by Crippen LogP contribution is 2.49. The summed E-state index contributed by atoms with van der Waals surface area (Å²) >= 11 is 17.8. The first kappa shape index (κ1) is 23.7. The number of hydroxylamine groups is 1.